The van der Waals surface area contributed by atoms with Crippen molar-refractivity contribution in [3.05, 3.63) is 90.5 Å². The largest absolute Gasteiger partial charge is 0.497 e. The van der Waals surface area contributed by atoms with Crippen LogP contribution in [0.25, 0.3) is 0 Å². The first-order valence-electron chi connectivity index (χ1n) is 8.62. The van der Waals surface area contributed by atoms with E-state index >= 15 is 0 Å². The Balaban J connectivity index is 1.93. The van der Waals surface area contributed by atoms with Crippen molar-refractivity contribution in [3.63, 3.8) is 0 Å². The molecule has 0 aromatic heterocycles. The standard InChI is InChI=1S/C22H23NO2Si/c1-18(19-14-16-20(24-2)17-15-19)23-25-26(3,21-10-6-4-7-11-21)22-12-8-5-9-13-22/h4-17H,1-3H3/b23-18+. The Morgan fingerprint density at radius 3 is 1.73 bits per heavy atom. The third kappa shape index (κ3) is 3.86. The molecule has 4 heteroatoms. The summed E-state index contributed by atoms with van der Waals surface area (Å²) in [6, 6.07) is 28.6. The van der Waals surface area contributed by atoms with Crippen LogP contribution in [0.3, 0.4) is 0 Å². The second-order valence-electron chi connectivity index (χ2n) is 6.26. The van der Waals surface area contributed by atoms with E-state index in [1.807, 2.05) is 67.6 Å². The van der Waals surface area contributed by atoms with E-state index in [9.17, 15) is 0 Å². The summed E-state index contributed by atoms with van der Waals surface area (Å²) in [5.41, 5.74) is 1.86. The second kappa shape index (κ2) is 8.02. The van der Waals surface area contributed by atoms with Crippen LogP contribution in [0.2, 0.25) is 6.55 Å². The number of ether oxygens (including phenoxy) is 1. The normalized spacial score (nSPS) is 11.9. The Bertz CT molecular complexity index is 822. The summed E-state index contributed by atoms with van der Waals surface area (Å²) in [6.07, 6.45) is 0. The maximum Gasteiger partial charge on any atom is 0.346 e. The molecule has 0 radical (unpaired) electrons. The number of benzene rings is 3. The fraction of sp³-hybridized carbons (Fsp3) is 0.136. The summed E-state index contributed by atoms with van der Waals surface area (Å²) in [5.74, 6) is 0.829. The van der Waals surface area contributed by atoms with Gasteiger partial charge in [-0.1, -0.05) is 60.7 Å². The minimum atomic E-state index is -2.43. The van der Waals surface area contributed by atoms with Gasteiger partial charge in [-0.15, -0.1) is 5.16 Å². The van der Waals surface area contributed by atoms with Crippen LogP contribution in [0.1, 0.15) is 12.5 Å². The molecule has 0 heterocycles. The Morgan fingerprint density at radius 2 is 1.27 bits per heavy atom. The van der Waals surface area contributed by atoms with E-state index < -0.39 is 8.32 Å². The molecule has 0 spiro atoms. The molecule has 3 rings (SSSR count). The summed E-state index contributed by atoms with van der Waals surface area (Å²) >= 11 is 0. The topological polar surface area (TPSA) is 30.8 Å². The molecule has 132 valence electrons. The molecule has 0 saturated carbocycles. The summed E-state index contributed by atoms with van der Waals surface area (Å²) in [7, 11) is -0.765. The third-order valence-corrected chi connectivity index (χ3v) is 7.85. The van der Waals surface area contributed by atoms with Gasteiger partial charge in [0.2, 0.25) is 0 Å². The van der Waals surface area contributed by atoms with E-state index in [0.29, 0.717) is 0 Å². The molecule has 3 aromatic carbocycles. The number of rotatable bonds is 6. The van der Waals surface area contributed by atoms with Crippen molar-refractivity contribution in [2.75, 3.05) is 7.11 Å². The molecule has 3 nitrogen and oxygen atoms in total. The predicted molar refractivity (Wildman–Crippen MR) is 110 cm³/mol. The number of nitrogens with zero attached hydrogens (tertiary/aromatic N) is 1. The molecule has 0 unspecified atom stereocenters. The predicted octanol–water partition coefficient (Wildman–Crippen LogP) is 3.83. The van der Waals surface area contributed by atoms with E-state index in [1.54, 1.807) is 7.11 Å². The third-order valence-electron chi connectivity index (χ3n) is 4.52. The van der Waals surface area contributed by atoms with Gasteiger partial charge in [-0.05, 0) is 53.7 Å². The van der Waals surface area contributed by atoms with Crippen LogP contribution in [0.4, 0.5) is 0 Å². The zero-order valence-corrected chi connectivity index (χ0v) is 16.3. The monoisotopic (exact) mass is 361 g/mol. The van der Waals surface area contributed by atoms with Crippen LogP contribution in [0.15, 0.2) is 90.1 Å². The number of oxime groups is 1. The van der Waals surface area contributed by atoms with Crippen LogP contribution < -0.4 is 15.1 Å². The molecule has 0 aliphatic rings. The minimum absolute atomic E-state index is 0.829. The van der Waals surface area contributed by atoms with Crippen molar-refractivity contribution in [2.24, 2.45) is 5.16 Å². The van der Waals surface area contributed by atoms with Gasteiger partial charge >= 0.3 is 8.32 Å². The Labute approximate surface area is 156 Å². The highest BCUT2D eigenvalue weighted by Gasteiger charge is 2.36. The zero-order valence-electron chi connectivity index (χ0n) is 15.3. The van der Waals surface area contributed by atoms with Crippen molar-refractivity contribution in [1.29, 1.82) is 0 Å². The van der Waals surface area contributed by atoms with Gasteiger partial charge in [0, 0.05) is 0 Å². The lowest BCUT2D eigenvalue weighted by atomic mass is 10.1. The highest BCUT2D eigenvalue weighted by Crippen LogP contribution is 2.14. The molecule has 0 bridgehead atoms. The van der Waals surface area contributed by atoms with E-state index in [0.717, 1.165) is 17.0 Å². The van der Waals surface area contributed by atoms with Crippen molar-refractivity contribution in [1.82, 2.24) is 0 Å². The maximum absolute atomic E-state index is 6.27. The van der Waals surface area contributed by atoms with Crippen molar-refractivity contribution in [2.45, 2.75) is 13.5 Å². The van der Waals surface area contributed by atoms with Gasteiger partial charge in [0.15, 0.2) is 0 Å². The highest BCUT2D eigenvalue weighted by atomic mass is 28.4. The molecule has 0 saturated heterocycles. The molecule has 0 fully saturated rings. The fourth-order valence-corrected chi connectivity index (χ4v) is 5.35. The molecule has 0 N–H and O–H groups in total. The molecule has 0 aliphatic heterocycles. The SMILES string of the molecule is COc1ccc(/C(C)=N/O[Si](C)(c2ccccc2)c2ccccc2)cc1. The lowest BCUT2D eigenvalue weighted by molar-refractivity contribution is 0.344. The van der Waals surface area contributed by atoms with Crippen molar-refractivity contribution in [3.8, 4) is 5.75 Å². The number of hydrogen-bond donors (Lipinski definition) is 0. The van der Waals surface area contributed by atoms with Gasteiger partial charge in [-0.3, -0.25) is 0 Å². The Hall–Kier alpha value is -2.85. The zero-order chi connectivity index (χ0) is 18.4. The van der Waals surface area contributed by atoms with Gasteiger partial charge in [0.05, 0.1) is 12.8 Å². The van der Waals surface area contributed by atoms with Crippen LogP contribution in [-0.4, -0.2) is 21.1 Å². The van der Waals surface area contributed by atoms with Gasteiger partial charge < -0.3 is 9.26 Å². The average molecular weight is 362 g/mol. The first-order valence-corrected chi connectivity index (χ1v) is 11.0. The number of hydrogen-bond acceptors (Lipinski definition) is 3. The van der Waals surface area contributed by atoms with Crippen LogP contribution in [0.5, 0.6) is 5.75 Å². The maximum atomic E-state index is 6.27. The highest BCUT2D eigenvalue weighted by molar-refractivity contribution is 6.96. The molecule has 0 aliphatic carbocycles. The first kappa shape index (κ1) is 18.0. The van der Waals surface area contributed by atoms with Gasteiger partial charge in [0.1, 0.15) is 5.75 Å². The fourth-order valence-electron chi connectivity index (χ4n) is 2.83. The summed E-state index contributed by atoms with van der Waals surface area (Å²) in [4.78, 5) is 0. The molecule has 26 heavy (non-hydrogen) atoms. The van der Waals surface area contributed by atoms with Crippen LogP contribution in [-0.2, 0) is 4.53 Å². The molecule has 0 atom stereocenters. The van der Waals surface area contributed by atoms with E-state index in [4.69, 9.17) is 9.26 Å². The van der Waals surface area contributed by atoms with Crippen LogP contribution in [0, 0.1) is 0 Å². The molecular weight excluding hydrogens is 338 g/mol. The lowest BCUT2D eigenvalue weighted by Crippen LogP contribution is -2.57. The smallest absolute Gasteiger partial charge is 0.346 e. The number of methoxy groups -OCH3 is 1. The van der Waals surface area contributed by atoms with Crippen molar-refractivity contribution < 1.29 is 9.26 Å². The summed E-state index contributed by atoms with van der Waals surface area (Å²) in [6.45, 7) is 4.15. The van der Waals surface area contributed by atoms with E-state index in [2.05, 4.69) is 36.0 Å². The molecule has 0 amide bonds. The van der Waals surface area contributed by atoms with Gasteiger partial charge in [-0.25, -0.2) is 0 Å². The lowest BCUT2D eigenvalue weighted by Gasteiger charge is -2.25. The Morgan fingerprint density at radius 1 is 0.769 bits per heavy atom. The first-order chi connectivity index (χ1) is 12.6. The summed E-state index contributed by atoms with van der Waals surface area (Å²) in [5, 5.41) is 6.90. The minimum Gasteiger partial charge on any atom is -0.497 e. The average Bonchev–Trinajstić information content (AvgIpc) is 2.73. The van der Waals surface area contributed by atoms with Crippen LogP contribution >= 0.6 is 0 Å². The van der Waals surface area contributed by atoms with Gasteiger partial charge in [-0.2, -0.15) is 0 Å². The Kier molecular flexibility index (Phi) is 5.54. The quantitative estimate of drug-likeness (QED) is 0.380. The molecule has 3 aromatic rings. The molecular formula is C22H23NO2Si. The van der Waals surface area contributed by atoms with E-state index in [-0.39, 0.29) is 0 Å². The van der Waals surface area contributed by atoms with E-state index in [1.165, 1.54) is 10.4 Å². The summed E-state index contributed by atoms with van der Waals surface area (Å²) < 4.78 is 11.5. The van der Waals surface area contributed by atoms with Crippen molar-refractivity contribution >= 4 is 24.4 Å². The van der Waals surface area contributed by atoms with Gasteiger partial charge in [0.25, 0.3) is 0 Å². The second-order valence-corrected chi connectivity index (χ2v) is 9.67.